The summed E-state index contributed by atoms with van der Waals surface area (Å²) in [5.41, 5.74) is 3.95. The van der Waals surface area contributed by atoms with E-state index in [2.05, 4.69) is 97.9 Å². The van der Waals surface area contributed by atoms with E-state index in [0.717, 1.165) is 0 Å². The van der Waals surface area contributed by atoms with Crippen LogP contribution in [0.1, 0.15) is 49.3 Å². The Hall–Kier alpha value is -2.86. The zero-order valence-electron chi connectivity index (χ0n) is 16.7. The van der Waals surface area contributed by atoms with Gasteiger partial charge in [-0.25, -0.2) is 0 Å². The second-order valence-corrected chi connectivity index (χ2v) is 7.69. The van der Waals surface area contributed by atoms with Crippen molar-refractivity contribution in [2.75, 3.05) is 0 Å². The van der Waals surface area contributed by atoms with Crippen LogP contribution < -0.4 is 0 Å². The topological polar surface area (TPSA) is 0 Å². The highest BCUT2D eigenvalue weighted by Gasteiger charge is 1.99. The minimum absolute atomic E-state index is 1.20. The average molecular weight is 365 g/mol. The van der Waals surface area contributed by atoms with Gasteiger partial charge in [-0.2, -0.15) is 0 Å². The lowest BCUT2D eigenvalue weighted by Gasteiger charge is -2.04. The van der Waals surface area contributed by atoms with Gasteiger partial charge in [-0.15, -0.1) is 0 Å². The molecule has 140 valence electrons. The van der Waals surface area contributed by atoms with Crippen molar-refractivity contribution in [3.63, 3.8) is 0 Å². The summed E-state index contributed by atoms with van der Waals surface area (Å²) in [5.74, 6) is 0. The highest BCUT2D eigenvalue weighted by atomic mass is 14.0. The van der Waals surface area contributed by atoms with Crippen LogP contribution in [0.5, 0.6) is 0 Å². The molecule has 0 aliphatic rings. The van der Waals surface area contributed by atoms with Crippen molar-refractivity contribution in [2.24, 2.45) is 0 Å². The number of unbranched alkanes of at least 4 members (excludes halogenated alkanes) is 3. The molecule has 0 heteroatoms. The molecule has 0 unspecified atom stereocenters. The predicted octanol–water partition coefficient (Wildman–Crippen LogP) is 8.29. The number of fused-ring (bicyclic) bond motifs is 2. The van der Waals surface area contributed by atoms with Crippen LogP contribution in [0, 0.1) is 0 Å². The van der Waals surface area contributed by atoms with Crippen LogP contribution in [0.2, 0.25) is 0 Å². The molecule has 4 rings (SSSR count). The fourth-order valence-corrected chi connectivity index (χ4v) is 3.81. The molecule has 0 N–H and O–H groups in total. The highest BCUT2D eigenvalue weighted by Crippen LogP contribution is 2.24. The Kier molecular flexibility index (Phi) is 5.87. The van der Waals surface area contributed by atoms with E-state index in [9.17, 15) is 0 Å². The molecule has 0 saturated heterocycles. The molecule has 28 heavy (non-hydrogen) atoms. The van der Waals surface area contributed by atoms with E-state index in [0.29, 0.717) is 0 Å². The van der Waals surface area contributed by atoms with Crippen molar-refractivity contribution in [1.82, 2.24) is 0 Å². The Morgan fingerprint density at radius 1 is 0.571 bits per heavy atom. The van der Waals surface area contributed by atoms with Crippen LogP contribution in [-0.4, -0.2) is 0 Å². The summed E-state index contributed by atoms with van der Waals surface area (Å²) in [6.07, 6.45) is 10.9. The summed E-state index contributed by atoms with van der Waals surface area (Å²) in [6.45, 7) is 2.26. The lowest BCUT2D eigenvalue weighted by molar-refractivity contribution is 0.667. The molecule has 4 aromatic rings. The van der Waals surface area contributed by atoms with Crippen LogP contribution in [0.4, 0.5) is 0 Å². The van der Waals surface area contributed by atoms with Crippen molar-refractivity contribution in [1.29, 1.82) is 0 Å². The van der Waals surface area contributed by atoms with E-state index in [4.69, 9.17) is 0 Å². The molecule has 0 nitrogen and oxygen atoms in total. The SMILES string of the molecule is CCCCCCc1ccc(C=Cc2ccc3cc4ccccc4cc3c2)cc1. The zero-order valence-corrected chi connectivity index (χ0v) is 16.7. The molecule has 0 spiro atoms. The van der Waals surface area contributed by atoms with Gasteiger partial charge in [-0.05, 0) is 69.3 Å². The molecular formula is C28H28. The summed E-state index contributed by atoms with van der Waals surface area (Å²) in [4.78, 5) is 0. The maximum Gasteiger partial charge on any atom is -0.0172 e. The van der Waals surface area contributed by atoms with E-state index in [-0.39, 0.29) is 0 Å². The first-order valence-electron chi connectivity index (χ1n) is 10.5. The van der Waals surface area contributed by atoms with Crippen LogP contribution in [-0.2, 0) is 6.42 Å². The fourth-order valence-electron chi connectivity index (χ4n) is 3.81. The van der Waals surface area contributed by atoms with E-state index >= 15 is 0 Å². The largest absolute Gasteiger partial charge is 0.0654 e. The number of hydrogen-bond acceptors (Lipinski definition) is 0. The Morgan fingerprint density at radius 2 is 1.21 bits per heavy atom. The fraction of sp³-hybridized carbons (Fsp3) is 0.214. The number of aryl methyl sites for hydroxylation is 1. The Labute approximate surface area is 168 Å². The number of rotatable bonds is 7. The highest BCUT2D eigenvalue weighted by molar-refractivity contribution is 5.99. The van der Waals surface area contributed by atoms with Gasteiger partial charge >= 0.3 is 0 Å². The summed E-state index contributed by atoms with van der Waals surface area (Å²) in [6, 6.07) is 28.9. The Morgan fingerprint density at radius 3 is 1.96 bits per heavy atom. The summed E-state index contributed by atoms with van der Waals surface area (Å²) in [5, 5.41) is 5.19. The van der Waals surface area contributed by atoms with Gasteiger partial charge in [0, 0.05) is 0 Å². The van der Waals surface area contributed by atoms with Crippen LogP contribution in [0.25, 0.3) is 33.7 Å². The molecule has 0 radical (unpaired) electrons. The maximum atomic E-state index is 2.29. The molecule has 0 aliphatic carbocycles. The average Bonchev–Trinajstić information content (AvgIpc) is 2.74. The Bertz CT molecular complexity index is 1080. The number of hydrogen-bond donors (Lipinski definition) is 0. The molecule has 0 atom stereocenters. The van der Waals surface area contributed by atoms with E-state index < -0.39 is 0 Å². The smallest absolute Gasteiger partial charge is 0.0172 e. The lowest BCUT2D eigenvalue weighted by atomic mass is 10.0. The van der Waals surface area contributed by atoms with Crippen molar-refractivity contribution in [3.05, 3.63) is 95.6 Å². The van der Waals surface area contributed by atoms with Gasteiger partial charge in [-0.1, -0.05) is 99.0 Å². The monoisotopic (exact) mass is 364 g/mol. The Balaban J connectivity index is 1.47. The van der Waals surface area contributed by atoms with Crippen molar-refractivity contribution < 1.29 is 0 Å². The van der Waals surface area contributed by atoms with Gasteiger partial charge in [-0.3, -0.25) is 0 Å². The quantitative estimate of drug-likeness (QED) is 0.176. The minimum Gasteiger partial charge on any atom is -0.0654 e. The molecule has 0 fully saturated rings. The van der Waals surface area contributed by atoms with Crippen LogP contribution in [0.3, 0.4) is 0 Å². The van der Waals surface area contributed by atoms with Crippen molar-refractivity contribution in [3.8, 4) is 0 Å². The van der Waals surface area contributed by atoms with Gasteiger partial charge in [0.2, 0.25) is 0 Å². The van der Waals surface area contributed by atoms with Crippen molar-refractivity contribution in [2.45, 2.75) is 39.0 Å². The third-order valence-corrected chi connectivity index (χ3v) is 5.50. The normalized spacial score (nSPS) is 11.6. The van der Waals surface area contributed by atoms with Gasteiger partial charge in [0.15, 0.2) is 0 Å². The molecule has 0 aromatic heterocycles. The first-order valence-corrected chi connectivity index (χ1v) is 10.5. The standard InChI is InChI=1S/C28H28/c1-2-3-4-5-8-22-11-13-23(14-12-22)15-16-24-17-18-27-20-25-9-6-7-10-26(25)21-28(27)19-24/h6-7,9-21H,2-5,8H2,1H3. The summed E-state index contributed by atoms with van der Waals surface area (Å²) < 4.78 is 0. The molecule has 0 aliphatic heterocycles. The summed E-state index contributed by atoms with van der Waals surface area (Å²) in [7, 11) is 0. The maximum absolute atomic E-state index is 2.29. The molecule has 0 saturated carbocycles. The zero-order chi connectivity index (χ0) is 19.2. The predicted molar refractivity (Wildman–Crippen MR) is 125 cm³/mol. The second-order valence-electron chi connectivity index (χ2n) is 7.69. The summed E-state index contributed by atoms with van der Waals surface area (Å²) >= 11 is 0. The first-order chi connectivity index (χ1) is 13.8. The van der Waals surface area contributed by atoms with Crippen LogP contribution >= 0.6 is 0 Å². The molecule has 0 heterocycles. The third-order valence-electron chi connectivity index (χ3n) is 5.50. The van der Waals surface area contributed by atoms with Crippen LogP contribution in [0.15, 0.2) is 78.9 Å². The second kappa shape index (κ2) is 8.89. The van der Waals surface area contributed by atoms with E-state index in [1.807, 2.05) is 0 Å². The molecule has 0 amide bonds. The van der Waals surface area contributed by atoms with Gasteiger partial charge in [0.1, 0.15) is 0 Å². The van der Waals surface area contributed by atoms with E-state index in [1.54, 1.807) is 0 Å². The third kappa shape index (κ3) is 4.51. The minimum atomic E-state index is 1.20. The van der Waals surface area contributed by atoms with Gasteiger partial charge in [0.05, 0.1) is 0 Å². The van der Waals surface area contributed by atoms with Gasteiger partial charge < -0.3 is 0 Å². The first kappa shape index (κ1) is 18.5. The lowest BCUT2D eigenvalue weighted by Crippen LogP contribution is -1.86. The van der Waals surface area contributed by atoms with Gasteiger partial charge in [0.25, 0.3) is 0 Å². The molecule has 4 aromatic carbocycles. The molecular weight excluding hydrogens is 336 g/mol. The van der Waals surface area contributed by atoms with E-state index in [1.165, 1.54) is 70.3 Å². The van der Waals surface area contributed by atoms with Crippen molar-refractivity contribution >= 4 is 33.7 Å². The molecule has 0 bridgehead atoms. The number of benzene rings is 4.